The number of hydrogen-bond acceptors (Lipinski definition) is 4. The number of aldehydes is 1. The average molecular weight is 233 g/mol. The van der Waals surface area contributed by atoms with Crippen molar-refractivity contribution in [3.8, 4) is 0 Å². The van der Waals surface area contributed by atoms with Crippen LogP contribution in [-0.4, -0.2) is 29.3 Å². The SMILES string of the molecule is CCc1cc(N2CCCC(C=O)C2)nc(C)n1. The Hall–Kier alpha value is -1.45. The third-order valence-corrected chi connectivity index (χ3v) is 3.21. The van der Waals surface area contributed by atoms with Crippen molar-refractivity contribution in [1.82, 2.24) is 9.97 Å². The van der Waals surface area contributed by atoms with Crippen LogP contribution in [0.4, 0.5) is 5.82 Å². The third-order valence-electron chi connectivity index (χ3n) is 3.21. The van der Waals surface area contributed by atoms with E-state index in [0.29, 0.717) is 0 Å². The monoisotopic (exact) mass is 233 g/mol. The van der Waals surface area contributed by atoms with Gasteiger partial charge in [0, 0.05) is 30.8 Å². The van der Waals surface area contributed by atoms with Gasteiger partial charge in [-0.2, -0.15) is 0 Å². The van der Waals surface area contributed by atoms with Gasteiger partial charge in [0.2, 0.25) is 0 Å². The number of aryl methyl sites for hydroxylation is 2. The lowest BCUT2D eigenvalue weighted by atomic mass is 10.00. The molecule has 1 fully saturated rings. The minimum atomic E-state index is 0.157. The molecule has 0 aliphatic carbocycles. The highest BCUT2D eigenvalue weighted by atomic mass is 16.1. The van der Waals surface area contributed by atoms with Crippen molar-refractivity contribution >= 4 is 12.1 Å². The molecule has 17 heavy (non-hydrogen) atoms. The lowest BCUT2D eigenvalue weighted by molar-refractivity contribution is -0.111. The minimum Gasteiger partial charge on any atom is -0.356 e. The highest BCUT2D eigenvalue weighted by Gasteiger charge is 2.20. The number of carbonyl (C=O) groups is 1. The summed E-state index contributed by atoms with van der Waals surface area (Å²) in [6.45, 7) is 5.80. The Morgan fingerprint density at radius 1 is 1.53 bits per heavy atom. The topological polar surface area (TPSA) is 46.1 Å². The van der Waals surface area contributed by atoms with Gasteiger partial charge in [0.15, 0.2) is 0 Å². The van der Waals surface area contributed by atoms with Crippen molar-refractivity contribution in [3.63, 3.8) is 0 Å². The van der Waals surface area contributed by atoms with Crippen LogP contribution in [0.25, 0.3) is 0 Å². The predicted molar refractivity (Wildman–Crippen MR) is 67.1 cm³/mol. The number of anilines is 1. The number of aromatic nitrogens is 2. The van der Waals surface area contributed by atoms with E-state index in [1.807, 2.05) is 13.0 Å². The molecule has 1 aliphatic rings. The van der Waals surface area contributed by atoms with E-state index >= 15 is 0 Å². The number of rotatable bonds is 3. The third kappa shape index (κ3) is 2.81. The second-order valence-corrected chi connectivity index (χ2v) is 4.60. The summed E-state index contributed by atoms with van der Waals surface area (Å²) in [6, 6.07) is 2.04. The molecule has 0 spiro atoms. The summed E-state index contributed by atoms with van der Waals surface area (Å²) in [5.41, 5.74) is 1.07. The van der Waals surface area contributed by atoms with Crippen LogP contribution in [0.2, 0.25) is 0 Å². The first kappa shape index (κ1) is 12.0. The van der Waals surface area contributed by atoms with Gasteiger partial charge in [0.1, 0.15) is 17.9 Å². The molecule has 92 valence electrons. The van der Waals surface area contributed by atoms with Crippen LogP contribution in [0.15, 0.2) is 6.07 Å². The van der Waals surface area contributed by atoms with Crippen molar-refractivity contribution < 1.29 is 4.79 Å². The van der Waals surface area contributed by atoms with Crippen LogP contribution in [0, 0.1) is 12.8 Å². The van der Waals surface area contributed by atoms with Crippen LogP contribution >= 0.6 is 0 Å². The van der Waals surface area contributed by atoms with Crippen LogP contribution in [-0.2, 0) is 11.2 Å². The maximum atomic E-state index is 10.9. The molecule has 1 unspecified atom stereocenters. The van der Waals surface area contributed by atoms with E-state index < -0.39 is 0 Å². The van der Waals surface area contributed by atoms with Crippen molar-refractivity contribution in [2.24, 2.45) is 5.92 Å². The summed E-state index contributed by atoms with van der Waals surface area (Å²) in [5.74, 6) is 1.94. The standard InChI is InChI=1S/C13H19N3O/c1-3-12-7-13(15-10(2)14-12)16-6-4-5-11(8-16)9-17/h7,9,11H,3-6,8H2,1-2H3. The maximum Gasteiger partial charge on any atom is 0.132 e. The molecular formula is C13H19N3O. The van der Waals surface area contributed by atoms with Gasteiger partial charge in [-0.3, -0.25) is 0 Å². The van der Waals surface area contributed by atoms with Crippen LogP contribution in [0.5, 0.6) is 0 Å². The average Bonchev–Trinajstić information content (AvgIpc) is 2.38. The van der Waals surface area contributed by atoms with Gasteiger partial charge >= 0.3 is 0 Å². The smallest absolute Gasteiger partial charge is 0.132 e. The van der Waals surface area contributed by atoms with E-state index in [-0.39, 0.29) is 5.92 Å². The first-order chi connectivity index (χ1) is 8.22. The summed E-state index contributed by atoms with van der Waals surface area (Å²) in [6.07, 6.45) is 4.06. The molecule has 0 radical (unpaired) electrons. The Bertz CT molecular complexity index is 406. The molecule has 1 saturated heterocycles. The van der Waals surface area contributed by atoms with E-state index in [1.54, 1.807) is 0 Å². The quantitative estimate of drug-likeness (QED) is 0.746. The van der Waals surface area contributed by atoms with Crippen LogP contribution in [0.1, 0.15) is 31.3 Å². The molecule has 4 heteroatoms. The van der Waals surface area contributed by atoms with Crippen molar-refractivity contribution in [2.45, 2.75) is 33.1 Å². The highest BCUT2D eigenvalue weighted by Crippen LogP contribution is 2.21. The van der Waals surface area contributed by atoms with Crippen molar-refractivity contribution in [2.75, 3.05) is 18.0 Å². The molecule has 1 aliphatic heterocycles. The summed E-state index contributed by atoms with van der Waals surface area (Å²) >= 11 is 0. The maximum absolute atomic E-state index is 10.9. The van der Waals surface area contributed by atoms with Crippen molar-refractivity contribution in [3.05, 3.63) is 17.6 Å². The molecule has 1 atom stereocenters. The molecule has 0 amide bonds. The van der Waals surface area contributed by atoms with Gasteiger partial charge in [-0.15, -0.1) is 0 Å². The van der Waals surface area contributed by atoms with Gasteiger partial charge in [-0.05, 0) is 26.2 Å². The Labute approximate surface area is 102 Å². The zero-order valence-corrected chi connectivity index (χ0v) is 10.5. The predicted octanol–water partition coefficient (Wildman–Crippen LogP) is 1.76. The van der Waals surface area contributed by atoms with Gasteiger partial charge in [0.25, 0.3) is 0 Å². The molecule has 4 nitrogen and oxygen atoms in total. The number of hydrogen-bond donors (Lipinski definition) is 0. The molecule has 0 N–H and O–H groups in total. The fraction of sp³-hybridized carbons (Fsp3) is 0.615. The first-order valence-electron chi connectivity index (χ1n) is 6.27. The molecule has 0 saturated carbocycles. The van der Waals surface area contributed by atoms with E-state index in [0.717, 1.165) is 56.0 Å². The Kier molecular flexibility index (Phi) is 3.71. The fourth-order valence-corrected chi connectivity index (χ4v) is 2.28. The zero-order chi connectivity index (χ0) is 12.3. The number of piperidine rings is 1. The van der Waals surface area contributed by atoms with E-state index in [9.17, 15) is 4.79 Å². The molecule has 1 aromatic rings. The first-order valence-corrected chi connectivity index (χ1v) is 6.27. The second-order valence-electron chi connectivity index (χ2n) is 4.60. The van der Waals surface area contributed by atoms with Crippen LogP contribution < -0.4 is 4.90 Å². The lowest BCUT2D eigenvalue weighted by Gasteiger charge is -2.31. The molecule has 1 aromatic heterocycles. The number of carbonyl (C=O) groups excluding carboxylic acids is 1. The van der Waals surface area contributed by atoms with E-state index in [1.165, 1.54) is 0 Å². The second kappa shape index (κ2) is 5.25. The molecule has 0 aromatic carbocycles. The Balaban J connectivity index is 2.20. The van der Waals surface area contributed by atoms with Gasteiger partial charge < -0.3 is 9.69 Å². The van der Waals surface area contributed by atoms with E-state index in [2.05, 4.69) is 21.8 Å². The zero-order valence-electron chi connectivity index (χ0n) is 10.5. The summed E-state index contributed by atoms with van der Waals surface area (Å²) in [4.78, 5) is 21.9. The van der Waals surface area contributed by atoms with Gasteiger partial charge in [-0.1, -0.05) is 6.92 Å². The lowest BCUT2D eigenvalue weighted by Crippen LogP contribution is -2.36. The number of nitrogens with zero attached hydrogens (tertiary/aromatic N) is 3. The van der Waals surface area contributed by atoms with Crippen molar-refractivity contribution in [1.29, 1.82) is 0 Å². The molecule has 2 heterocycles. The van der Waals surface area contributed by atoms with Crippen LogP contribution in [0.3, 0.4) is 0 Å². The summed E-state index contributed by atoms with van der Waals surface area (Å²) in [5, 5.41) is 0. The Morgan fingerprint density at radius 2 is 2.35 bits per heavy atom. The van der Waals surface area contributed by atoms with E-state index in [4.69, 9.17) is 0 Å². The summed E-state index contributed by atoms with van der Waals surface area (Å²) < 4.78 is 0. The Morgan fingerprint density at radius 3 is 3.06 bits per heavy atom. The molecular weight excluding hydrogens is 214 g/mol. The molecule has 0 bridgehead atoms. The fourth-order valence-electron chi connectivity index (χ4n) is 2.28. The molecule has 2 rings (SSSR count). The largest absolute Gasteiger partial charge is 0.356 e. The van der Waals surface area contributed by atoms with Gasteiger partial charge in [0.05, 0.1) is 0 Å². The summed E-state index contributed by atoms with van der Waals surface area (Å²) in [7, 11) is 0. The highest BCUT2D eigenvalue weighted by molar-refractivity contribution is 5.56. The minimum absolute atomic E-state index is 0.157. The van der Waals surface area contributed by atoms with Gasteiger partial charge in [-0.25, -0.2) is 9.97 Å². The normalized spacial score (nSPS) is 20.4.